The van der Waals surface area contributed by atoms with Gasteiger partial charge in [-0.2, -0.15) is 0 Å². The monoisotopic (exact) mass is 366 g/mol. The molecule has 0 saturated carbocycles. The fourth-order valence-corrected chi connectivity index (χ4v) is 2.39. The Bertz CT molecular complexity index is 688. The highest BCUT2D eigenvalue weighted by Crippen LogP contribution is 2.25. The average molecular weight is 367 g/mol. The molecule has 0 unspecified atom stereocenters. The fourth-order valence-electron chi connectivity index (χ4n) is 2.01. The van der Waals surface area contributed by atoms with Crippen molar-refractivity contribution in [2.75, 3.05) is 27.2 Å². The van der Waals surface area contributed by atoms with Crippen LogP contribution in [0.5, 0.6) is 5.75 Å². The molecule has 1 amide bonds. The maximum absolute atomic E-state index is 12.2. The molecule has 0 aliphatic heterocycles. The van der Waals surface area contributed by atoms with Gasteiger partial charge in [0.05, 0.1) is 15.6 Å². The lowest BCUT2D eigenvalue weighted by Gasteiger charge is -2.11. The number of benzene rings is 2. The van der Waals surface area contributed by atoms with Crippen LogP contribution in [0.2, 0.25) is 10.0 Å². The van der Waals surface area contributed by atoms with Crippen molar-refractivity contribution in [1.82, 2.24) is 10.2 Å². The number of rotatable bonds is 7. The molecule has 4 nitrogen and oxygen atoms in total. The summed E-state index contributed by atoms with van der Waals surface area (Å²) in [7, 11) is 4.00. The summed E-state index contributed by atoms with van der Waals surface area (Å²) >= 11 is 12.0. The van der Waals surface area contributed by atoms with E-state index in [1.165, 1.54) is 0 Å². The smallest absolute Gasteiger partial charge is 0.253 e. The third kappa shape index (κ3) is 5.41. The lowest BCUT2D eigenvalue weighted by atomic mass is 10.2. The summed E-state index contributed by atoms with van der Waals surface area (Å²) in [6, 6.07) is 12.6. The Hall–Kier alpha value is -1.75. The number of hydrogen-bond donors (Lipinski definition) is 1. The number of carbonyl (C=O) groups is 1. The highest BCUT2D eigenvalue weighted by atomic mass is 35.5. The van der Waals surface area contributed by atoms with Gasteiger partial charge in [0.2, 0.25) is 0 Å². The normalized spacial score (nSPS) is 10.7. The van der Waals surface area contributed by atoms with Crippen molar-refractivity contribution in [1.29, 1.82) is 0 Å². The Morgan fingerprint density at radius 2 is 1.83 bits per heavy atom. The van der Waals surface area contributed by atoms with Gasteiger partial charge in [0.1, 0.15) is 12.4 Å². The number of amides is 1. The van der Waals surface area contributed by atoms with Gasteiger partial charge in [0.25, 0.3) is 5.91 Å². The third-order valence-corrected chi connectivity index (χ3v) is 4.20. The number of halogens is 2. The number of nitrogens with one attached hydrogen (secondary N) is 1. The second-order valence-corrected chi connectivity index (χ2v) is 6.36. The maximum Gasteiger partial charge on any atom is 0.253 e. The molecule has 128 valence electrons. The first kappa shape index (κ1) is 18.6. The van der Waals surface area contributed by atoms with Crippen LogP contribution in [0.3, 0.4) is 0 Å². The predicted molar refractivity (Wildman–Crippen MR) is 98.1 cm³/mol. The van der Waals surface area contributed by atoms with Gasteiger partial charge in [-0.3, -0.25) is 4.79 Å². The minimum atomic E-state index is -0.256. The molecule has 24 heavy (non-hydrogen) atoms. The molecule has 0 atom stereocenters. The van der Waals surface area contributed by atoms with Crippen molar-refractivity contribution in [3.05, 3.63) is 63.6 Å². The molecule has 2 rings (SSSR count). The van der Waals surface area contributed by atoms with Crippen LogP contribution in [0.25, 0.3) is 0 Å². The van der Waals surface area contributed by atoms with Gasteiger partial charge in [-0.1, -0.05) is 41.4 Å². The molecule has 0 heterocycles. The van der Waals surface area contributed by atoms with Crippen molar-refractivity contribution in [3.8, 4) is 5.75 Å². The summed E-state index contributed by atoms with van der Waals surface area (Å²) < 4.78 is 5.63. The molecule has 0 aromatic heterocycles. The molecule has 1 N–H and O–H groups in total. The highest BCUT2D eigenvalue weighted by molar-refractivity contribution is 6.43. The molecular formula is C18H20Cl2N2O2. The largest absolute Gasteiger partial charge is 0.492 e. The summed E-state index contributed by atoms with van der Waals surface area (Å²) in [5.41, 5.74) is 1.34. The lowest BCUT2D eigenvalue weighted by Crippen LogP contribution is -2.23. The van der Waals surface area contributed by atoms with Gasteiger partial charge in [-0.15, -0.1) is 0 Å². The van der Waals surface area contributed by atoms with E-state index in [2.05, 4.69) is 10.2 Å². The summed E-state index contributed by atoms with van der Waals surface area (Å²) in [4.78, 5) is 14.2. The molecule has 0 aliphatic carbocycles. The summed E-state index contributed by atoms with van der Waals surface area (Å²) in [6.07, 6.45) is 0. The zero-order valence-corrected chi connectivity index (χ0v) is 15.2. The zero-order valence-electron chi connectivity index (χ0n) is 13.7. The molecular weight excluding hydrogens is 347 g/mol. The Morgan fingerprint density at radius 1 is 1.12 bits per heavy atom. The Kier molecular flexibility index (Phi) is 6.91. The van der Waals surface area contributed by atoms with E-state index in [-0.39, 0.29) is 10.9 Å². The van der Waals surface area contributed by atoms with E-state index < -0.39 is 0 Å². The Labute approximate surface area is 152 Å². The van der Waals surface area contributed by atoms with Gasteiger partial charge in [-0.25, -0.2) is 0 Å². The van der Waals surface area contributed by atoms with Gasteiger partial charge < -0.3 is 15.0 Å². The van der Waals surface area contributed by atoms with Crippen LogP contribution in [0.4, 0.5) is 0 Å². The molecule has 0 bridgehead atoms. The predicted octanol–water partition coefficient (Wildman–Crippen LogP) is 3.86. The molecule has 0 aliphatic rings. The molecule has 0 saturated heterocycles. The van der Waals surface area contributed by atoms with Crippen molar-refractivity contribution < 1.29 is 9.53 Å². The van der Waals surface area contributed by atoms with Gasteiger partial charge in [0, 0.05) is 13.1 Å². The van der Waals surface area contributed by atoms with E-state index in [0.717, 1.165) is 17.9 Å². The van der Waals surface area contributed by atoms with Gasteiger partial charge >= 0.3 is 0 Å². The van der Waals surface area contributed by atoms with Crippen LogP contribution in [-0.4, -0.2) is 38.1 Å². The van der Waals surface area contributed by atoms with E-state index in [1.54, 1.807) is 18.2 Å². The minimum Gasteiger partial charge on any atom is -0.492 e. The van der Waals surface area contributed by atoms with Crippen LogP contribution in [0, 0.1) is 0 Å². The second kappa shape index (κ2) is 8.92. The minimum absolute atomic E-state index is 0.256. The first-order chi connectivity index (χ1) is 11.5. The summed E-state index contributed by atoms with van der Waals surface area (Å²) in [5, 5.41) is 3.46. The number of carbonyl (C=O) groups excluding carboxylic acids is 1. The summed E-state index contributed by atoms with van der Waals surface area (Å²) in [5.74, 6) is 0.554. The topological polar surface area (TPSA) is 41.6 Å². The summed E-state index contributed by atoms with van der Waals surface area (Å²) in [6.45, 7) is 1.90. The quantitative estimate of drug-likeness (QED) is 0.808. The number of likely N-dealkylation sites (N-methyl/N-ethyl adjacent to an activating group) is 1. The second-order valence-electron chi connectivity index (χ2n) is 5.58. The van der Waals surface area contributed by atoms with Crippen LogP contribution in [-0.2, 0) is 6.54 Å². The van der Waals surface area contributed by atoms with Crippen molar-refractivity contribution in [2.45, 2.75) is 6.54 Å². The van der Waals surface area contributed by atoms with Crippen LogP contribution in [0.15, 0.2) is 42.5 Å². The third-order valence-electron chi connectivity index (χ3n) is 3.38. The van der Waals surface area contributed by atoms with Crippen LogP contribution in [0.1, 0.15) is 15.9 Å². The van der Waals surface area contributed by atoms with Gasteiger partial charge in [-0.05, 0) is 43.9 Å². The zero-order chi connectivity index (χ0) is 17.5. The van der Waals surface area contributed by atoms with E-state index in [4.69, 9.17) is 27.9 Å². The van der Waals surface area contributed by atoms with Gasteiger partial charge in [0.15, 0.2) is 0 Å². The number of ether oxygens (including phenoxy) is 1. The van der Waals surface area contributed by atoms with Crippen molar-refractivity contribution in [2.24, 2.45) is 0 Å². The molecule has 2 aromatic carbocycles. The SMILES string of the molecule is CN(C)CCOc1ccc(CNC(=O)c2cccc(Cl)c2Cl)cc1. The first-order valence-electron chi connectivity index (χ1n) is 7.56. The van der Waals surface area contributed by atoms with Crippen molar-refractivity contribution >= 4 is 29.1 Å². The van der Waals surface area contributed by atoms with E-state index in [0.29, 0.717) is 23.7 Å². The molecule has 0 radical (unpaired) electrons. The standard InChI is InChI=1S/C18H20Cl2N2O2/c1-22(2)10-11-24-14-8-6-13(7-9-14)12-21-18(23)15-4-3-5-16(19)17(15)20/h3-9H,10-12H2,1-2H3,(H,21,23). The van der Waals surface area contributed by atoms with E-state index in [1.807, 2.05) is 38.4 Å². The maximum atomic E-state index is 12.2. The number of hydrogen-bond acceptors (Lipinski definition) is 3. The van der Waals surface area contributed by atoms with E-state index >= 15 is 0 Å². The fraction of sp³-hybridized carbons (Fsp3) is 0.278. The van der Waals surface area contributed by atoms with Crippen LogP contribution < -0.4 is 10.1 Å². The molecule has 0 fully saturated rings. The molecule has 6 heteroatoms. The molecule has 0 spiro atoms. The van der Waals surface area contributed by atoms with Crippen LogP contribution >= 0.6 is 23.2 Å². The Balaban J connectivity index is 1.88. The molecule has 2 aromatic rings. The first-order valence-corrected chi connectivity index (χ1v) is 8.31. The van der Waals surface area contributed by atoms with Crippen molar-refractivity contribution in [3.63, 3.8) is 0 Å². The Morgan fingerprint density at radius 3 is 2.50 bits per heavy atom. The van der Waals surface area contributed by atoms with E-state index in [9.17, 15) is 4.79 Å². The average Bonchev–Trinajstić information content (AvgIpc) is 2.56. The lowest BCUT2D eigenvalue weighted by molar-refractivity contribution is 0.0951. The highest BCUT2D eigenvalue weighted by Gasteiger charge is 2.12. The number of nitrogens with zero attached hydrogens (tertiary/aromatic N) is 1.